The molecular weight excluding hydrogens is 282 g/mol. The third kappa shape index (κ3) is 3.19. The van der Waals surface area contributed by atoms with Crippen LogP contribution in [0.2, 0.25) is 0 Å². The molecule has 0 N–H and O–H groups in total. The van der Waals surface area contributed by atoms with E-state index in [4.69, 9.17) is 11.6 Å². The van der Waals surface area contributed by atoms with Gasteiger partial charge in [0.1, 0.15) is 5.69 Å². The second-order valence-corrected chi connectivity index (χ2v) is 4.93. The fourth-order valence-electron chi connectivity index (χ4n) is 2.32. The first-order chi connectivity index (χ1) is 9.63. The highest BCUT2D eigenvalue weighted by molar-refractivity contribution is 6.18. The molecule has 0 spiro atoms. The molecule has 1 aliphatic rings. The maximum Gasteiger partial charge on any atom is 0.292 e. The summed E-state index contributed by atoms with van der Waals surface area (Å²) in [6.07, 6.45) is 0.340. The molecule has 1 fully saturated rings. The zero-order chi connectivity index (χ0) is 14.5. The second kappa shape index (κ2) is 6.56. The van der Waals surface area contributed by atoms with E-state index in [2.05, 4.69) is 0 Å². The monoisotopic (exact) mass is 297 g/mol. The van der Waals surface area contributed by atoms with Crippen LogP contribution in [0, 0.1) is 10.1 Å². The Bertz CT molecular complexity index is 501. The minimum Gasteiger partial charge on any atom is -0.362 e. The number of halogens is 1. The molecule has 20 heavy (non-hydrogen) atoms. The van der Waals surface area contributed by atoms with Crippen molar-refractivity contribution in [2.75, 3.05) is 37.0 Å². The van der Waals surface area contributed by atoms with Crippen LogP contribution in [-0.4, -0.2) is 47.8 Å². The molecule has 108 valence electrons. The van der Waals surface area contributed by atoms with Gasteiger partial charge in [-0.25, -0.2) is 0 Å². The first-order valence-electron chi connectivity index (χ1n) is 6.45. The van der Waals surface area contributed by atoms with Gasteiger partial charge in [-0.3, -0.25) is 14.9 Å². The molecule has 0 bridgehead atoms. The first-order valence-corrected chi connectivity index (χ1v) is 6.99. The van der Waals surface area contributed by atoms with E-state index in [0.29, 0.717) is 44.2 Å². The van der Waals surface area contributed by atoms with Gasteiger partial charge in [0.05, 0.1) is 4.92 Å². The molecule has 1 saturated heterocycles. The van der Waals surface area contributed by atoms with Gasteiger partial charge in [-0.1, -0.05) is 12.1 Å². The van der Waals surface area contributed by atoms with Crippen molar-refractivity contribution in [3.05, 3.63) is 34.4 Å². The van der Waals surface area contributed by atoms with Gasteiger partial charge >= 0.3 is 0 Å². The number of carbonyl (C=O) groups excluding carboxylic acids is 1. The average molecular weight is 298 g/mol. The number of anilines is 1. The molecule has 1 amide bonds. The smallest absolute Gasteiger partial charge is 0.292 e. The zero-order valence-electron chi connectivity index (χ0n) is 11.0. The molecule has 0 saturated carbocycles. The van der Waals surface area contributed by atoms with Crippen molar-refractivity contribution < 1.29 is 9.72 Å². The summed E-state index contributed by atoms with van der Waals surface area (Å²) in [4.78, 5) is 26.1. The zero-order valence-corrected chi connectivity index (χ0v) is 11.8. The summed E-state index contributed by atoms with van der Waals surface area (Å²) in [5, 5.41) is 11.0. The van der Waals surface area contributed by atoms with Gasteiger partial charge in [0, 0.05) is 44.5 Å². The van der Waals surface area contributed by atoms with Crippen LogP contribution in [0.1, 0.15) is 6.42 Å². The normalized spacial score (nSPS) is 15.2. The third-order valence-corrected chi connectivity index (χ3v) is 3.55. The number of nitro groups is 1. The molecule has 0 aliphatic carbocycles. The highest BCUT2D eigenvalue weighted by Gasteiger charge is 2.24. The van der Waals surface area contributed by atoms with Crippen LogP contribution in [0.25, 0.3) is 0 Å². The number of benzene rings is 1. The molecule has 0 atom stereocenters. The standard InChI is InChI=1S/C13H16ClN3O3/c14-6-5-13(18)16-9-7-15(8-10-16)11-3-1-2-4-12(11)17(19)20/h1-4H,5-10H2. The Balaban J connectivity index is 2.04. The SMILES string of the molecule is O=C(CCCl)N1CCN(c2ccccc2[N+](=O)[O-])CC1. The summed E-state index contributed by atoms with van der Waals surface area (Å²) in [6, 6.07) is 6.68. The van der Waals surface area contributed by atoms with E-state index in [1.54, 1.807) is 23.1 Å². The van der Waals surface area contributed by atoms with E-state index in [0.717, 1.165) is 0 Å². The van der Waals surface area contributed by atoms with Gasteiger partial charge in [0.15, 0.2) is 0 Å². The molecule has 7 heteroatoms. The van der Waals surface area contributed by atoms with E-state index in [-0.39, 0.29) is 16.5 Å². The number of alkyl halides is 1. The van der Waals surface area contributed by atoms with Crippen molar-refractivity contribution in [3.8, 4) is 0 Å². The van der Waals surface area contributed by atoms with Crippen LogP contribution in [0.4, 0.5) is 11.4 Å². The van der Waals surface area contributed by atoms with Gasteiger partial charge in [0.25, 0.3) is 5.69 Å². The molecule has 0 unspecified atom stereocenters. The largest absolute Gasteiger partial charge is 0.362 e. The predicted octanol–water partition coefficient (Wildman–Crippen LogP) is 1.87. The van der Waals surface area contributed by atoms with Crippen molar-refractivity contribution in [2.45, 2.75) is 6.42 Å². The van der Waals surface area contributed by atoms with E-state index < -0.39 is 0 Å². The maximum atomic E-state index is 11.7. The Hall–Kier alpha value is -1.82. The number of nitrogens with zero attached hydrogens (tertiary/aromatic N) is 3. The van der Waals surface area contributed by atoms with Gasteiger partial charge in [0.2, 0.25) is 5.91 Å². The van der Waals surface area contributed by atoms with Crippen molar-refractivity contribution in [2.24, 2.45) is 0 Å². The lowest BCUT2D eigenvalue weighted by Crippen LogP contribution is -2.49. The topological polar surface area (TPSA) is 66.7 Å². The van der Waals surface area contributed by atoms with E-state index >= 15 is 0 Å². The highest BCUT2D eigenvalue weighted by Crippen LogP contribution is 2.28. The first kappa shape index (κ1) is 14.6. The minimum atomic E-state index is -0.375. The number of rotatable bonds is 4. The third-order valence-electron chi connectivity index (χ3n) is 3.36. The fraction of sp³-hybridized carbons (Fsp3) is 0.462. The van der Waals surface area contributed by atoms with E-state index in [9.17, 15) is 14.9 Å². The summed E-state index contributed by atoms with van der Waals surface area (Å²) in [6.45, 7) is 2.33. The molecule has 0 aromatic heterocycles. The Kier molecular flexibility index (Phi) is 4.79. The minimum absolute atomic E-state index is 0.0437. The van der Waals surface area contributed by atoms with E-state index in [1.165, 1.54) is 6.07 Å². The molecule has 1 aliphatic heterocycles. The Morgan fingerprint density at radius 2 is 1.90 bits per heavy atom. The summed E-state index contributed by atoms with van der Waals surface area (Å²) < 4.78 is 0. The summed E-state index contributed by atoms with van der Waals surface area (Å²) in [5.41, 5.74) is 0.718. The Labute approximate surface area is 122 Å². The second-order valence-electron chi connectivity index (χ2n) is 4.55. The number of amides is 1. The molecule has 0 radical (unpaired) electrons. The number of piperazine rings is 1. The molecule has 1 heterocycles. The van der Waals surface area contributed by atoms with Gasteiger partial charge in [-0.2, -0.15) is 0 Å². The van der Waals surface area contributed by atoms with Crippen LogP contribution in [0.3, 0.4) is 0 Å². The van der Waals surface area contributed by atoms with Gasteiger partial charge in [-0.15, -0.1) is 11.6 Å². The molecule has 1 aromatic rings. The van der Waals surface area contributed by atoms with Crippen molar-refractivity contribution in [1.29, 1.82) is 0 Å². The molecule has 6 nitrogen and oxygen atoms in total. The Morgan fingerprint density at radius 1 is 1.25 bits per heavy atom. The lowest BCUT2D eigenvalue weighted by molar-refractivity contribution is -0.384. The van der Waals surface area contributed by atoms with Gasteiger partial charge in [-0.05, 0) is 6.07 Å². The van der Waals surface area contributed by atoms with Crippen LogP contribution < -0.4 is 4.90 Å². The van der Waals surface area contributed by atoms with Crippen molar-refractivity contribution in [3.63, 3.8) is 0 Å². The number of hydrogen-bond donors (Lipinski definition) is 0. The molecule has 2 rings (SSSR count). The van der Waals surface area contributed by atoms with Crippen LogP contribution >= 0.6 is 11.6 Å². The number of hydrogen-bond acceptors (Lipinski definition) is 4. The fourth-order valence-corrected chi connectivity index (χ4v) is 2.48. The van der Waals surface area contributed by atoms with Crippen molar-refractivity contribution >= 4 is 28.9 Å². The number of nitro benzene ring substituents is 1. The van der Waals surface area contributed by atoms with E-state index in [1.807, 2.05) is 4.90 Å². The predicted molar refractivity (Wildman–Crippen MR) is 77.2 cm³/mol. The summed E-state index contributed by atoms with van der Waals surface area (Å²) in [7, 11) is 0. The molecular formula is C13H16ClN3O3. The average Bonchev–Trinajstić information content (AvgIpc) is 2.47. The summed E-state index contributed by atoms with van der Waals surface area (Å²) in [5.74, 6) is 0.366. The number of carbonyl (C=O) groups is 1. The lowest BCUT2D eigenvalue weighted by Gasteiger charge is -2.35. The Morgan fingerprint density at radius 3 is 2.50 bits per heavy atom. The van der Waals surface area contributed by atoms with Crippen molar-refractivity contribution in [1.82, 2.24) is 4.90 Å². The maximum absolute atomic E-state index is 11.7. The lowest BCUT2D eigenvalue weighted by atomic mass is 10.2. The van der Waals surface area contributed by atoms with Crippen LogP contribution in [0.5, 0.6) is 0 Å². The van der Waals surface area contributed by atoms with Gasteiger partial charge < -0.3 is 9.80 Å². The summed E-state index contributed by atoms with van der Waals surface area (Å²) >= 11 is 5.56. The van der Waals surface area contributed by atoms with Crippen LogP contribution in [-0.2, 0) is 4.79 Å². The highest BCUT2D eigenvalue weighted by atomic mass is 35.5. The number of para-hydroxylation sites is 2. The van der Waals surface area contributed by atoms with Crippen LogP contribution in [0.15, 0.2) is 24.3 Å². The quantitative estimate of drug-likeness (QED) is 0.483. The molecule has 1 aromatic carbocycles.